The number of carboxylic acid groups (broad SMARTS) is 1. The second-order valence-electron chi connectivity index (χ2n) is 3.22. The van der Waals surface area contributed by atoms with Crippen molar-refractivity contribution in [1.29, 1.82) is 0 Å². The number of aromatic carboxylic acids is 1. The van der Waals surface area contributed by atoms with Gasteiger partial charge in [-0.05, 0) is 12.1 Å². The Morgan fingerprint density at radius 1 is 1.27 bits per heavy atom. The molecular weight excluding hydrogens is 196 g/mol. The minimum atomic E-state index is -1.03. The van der Waals surface area contributed by atoms with E-state index in [4.69, 9.17) is 5.11 Å². The summed E-state index contributed by atoms with van der Waals surface area (Å²) >= 11 is 0. The number of hydrogen-bond donors (Lipinski definition) is 3. The Morgan fingerprint density at radius 3 is 2.73 bits per heavy atom. The summed E-state index contributed by atoms with van der Waals surface area (Å²) in [5, 5.41) is 14.6. The van der Waals surface area contributed by atoms with E-state index in [0.717, 1.165) is 0 Å². The fraction of sp³-hybridized carbons (Fsp3) is 0.200. The molecule has 5 heteroatoms. The van der Waals surface area contributed by atoms with Gasteiger partial charge in [0.1, 0.15) is 0 Å². The first-order valence-corrected chi connectivity index (χ1v) is 4.58. The van der Waals surface area contributed by atoms with E-state index in [1.807, 2.05) is 0 Å². The Bertz CT molecular complexity index is 429. The van der Waals surface area contributed by atoms with E-state index in [0.29, 0.717) is 24.3 Å². The molecule has 78 valence electrons. The van der Waals surface area contributed by atoms with Crippen LogP contribution in [0.15, 0.2) is 18.2 Å². The fourth-order valence-corrected chi connectivity index (χ4v) is 1.57. The van der Waals surface area contributed by atoms with Crippen molar-refractivity contribution >= 4 is 17.6 Å². The monoisotopic (exact) mass is 206 g/mol. The van der Waals surface area contributed by atoms with Gasteiger partial charge in [0.2, 0.25) is 0 Å². The van der Waals surface area contributed by atoms with E-state index in [1.54, 1.807) is 12.1 Å². The molecule has 0 saturated heterocycles. The van der Waals surface area contributed by atoms with Crippen molar-refractivity contribution in [3.8, 4) is 0 Å². The van der Waals surface area contributed by atoms with Crippen LogP contribution in [-0.2, 0) is 0 Å². The maximum Gasteiger partial charge on any atom is 0.337 e. The lowest BCUT2D eigenvalue weighted by atomic mass is 10.1. The SMILES string of the molecule is O=C(O)c1cccc2c1NCCNC2=O. The zero-order valence-electron chi connectivity index (χ0n) is 7.91. The number of amides is 1. The summed E-state index contributed by atoms with van der Waals surface area (Å²) in [5.41, 5.74) is 0.914. The standard InChI is InChI=1S/C10H10N2O3/c13-9-6-2-1-3-7(10(14)15)8(6)11-4-5-12-9/h1-3,11H,4-5H2,(H,12,13)(H,14,15). The third kappa shape index (κ3) is 1.63. The van der Waals surface area contributed by atoms with Crippen LogP contribution in [0.2, 0.25) is 0 Å². The molecule has 0 aliphatic carbocycles. The van der Waals surface area contributed by atoms with E-state index in [2.05, 4.69) is 10.6 Å². The summed E-state index contributed by atoms with van der Waals surface area (Å²) in [4.78, 5) is 22.5. The second kappa shape index (κ2) is 3.61. The van der Waals surface area contributed by atoms with Crippen LogP contribution in [0.3, 0.4) is 0 Å². The van der Waals surface area contributed by atoms with Crippen molar-refractivity contribution in [1.82, 2.24) is 5.32 Å². The van der Waals surface area contributed by atoms with Crippen molar-refractivity contribution in [2.75, 3.05) is 18.4 Å². The van der Waals surface area contributed by atoms with Gasteiger partial charge in [0.25, 0.3) is 5.91 Å². The van der Waals surface area contributed by atoms with Gasteiger partial charge in [0.05, 0.1) is 16.8 Å². The van der Waals surface area contributed by atoms with Crippen LogP contribution in [0.1, 0.15) is 20.7 Å². The Balaban J connectivity index is 2.58. The number of anilines is 1. The van der Waals surface area contributed by atoms with E-state index in [-0.39, 0.29) is 11.5 Å². The summed E-state index contributed by atoms with van der Waals surface area (Å²) in [6.45, 7) is 1.02. The first-order valence-electron chi connectivity index (χ1n) is 4.58. The molecule has 1 aromatic rings. The van der Waals surface area contributed by atoms with Gasteiger partial charge in [-0.2, -0.15) is 0 Å². The predicted octanol–water partition coefficient (Wildman–Crippen LogP) is 0.540. The summed E-state index contributed by atoms with van der Waals surface area (Å²) in [6, 6.07) is 4.65. The highest BCUT2D eigenvalue weighted by atomic mass is 16.4. The Kier molecular flexibility index (Phi) is 2.29. The Hall–Kier alpha value is -2.04. The molecule has 15 heavy (non-hydrogen) atoms. The van der Waals surface area contributed by atoms with E-state index in [9.17, 15) is 9.59 Å². The first kappa shape index (κ1) is 9.51. The van der Waals surface area contributed by atoms with Crippen molar-refractivity contribution in [3.05, 3.63) is 29.3 Å². The minimum Gasteiger partial charge on any atom is -0.478 e. The molecule has 0 saturated carbocycles. The number of benzene rings is 1. The molecule has 0 unspecified atom stereocenters. The molecule has 2 rings (SSSR count). The lowest BCUT2D eigenvalue weighted by molar-refractivity contribution is 0.0698. The van der Waals surface area contributed by atoms with Crippen LogP contribution >= 0.6 is 0 Å². The molecule has 0 radical (unpaired) electrons. The molecule has 3 N–H and O–H groups in total. The third-order valence-electron chi connectivity index (χ3n) is 2.25. The number of rotatable bonds is 1. The zero-order valence-corrected chi connectivity index (χ0v) is 7.91. The third-order valence-corrected chi connectivity index (χ3v) is 2.25. The summed E-state index contributed by atoms with van der Waals surface area (Å²) in [7, 11) is 0. The van der Waals surface area contributed by atoms with E-state index in [1.165, 1.54) is 6.07 Å². The second-order valence-corrected chi connectivity index (χ2v) is 3.22. The van der Waals surface area contributed by atoms with Gasteiger partial charge in [-0.25, -0.2) is 4.79 Å². The zero-order chi connectivity index (χ0) is 10.8. The van der Waals surface area contributed by atoms with Gasteiger partial charge in [0, 0.05) is 13.1 Å². The Labute approximate surface area is 86.1 Å². The van der Waals surface area contributed by atoms with Crippen LogP contribution in [0.4, 0.5) is 5.69 Å². The average Bonchev–Trinajstić information content (AvgIpc) is 2.40. The smallest absolute Gasteiger partial charge is 0.337 e. The molecule has 0 bridgehead atoms. The highest BCUT2D eigenvalue weighted by molar-refractivity contribution is 6.06. The maximum absolute atomic E-state index is 11.5. The van der Waals surface area contributed by atoms with Crippen molar-refractivity contribution in [2.24, 2.45) is 0 Å². The number of nitrogens with one attached hydrogen (secondary N) is 2. The number of carboxylic acids is 1. The topological polar surface area (TPSA) is 78.4 Å². The summed E-state index contributed by atoms with van der Waals surface area (Å²) in [6.07, 6.45) is 0. The molecular formula is C10H10N2O3. The molecule has 1 aromatic carbocycles. The highest BCUT2D eigenvalue weighted by Gasteiger charge is 2.20. The number of para-hydroxylation sites is 1. The van der Waals surface area contributed by atoms with Gasteiger partial charge < -0.3 is 15.7 Å². The molecule has 1 aliphatic heterocycles. The lowest BCUT2D eigenvalue weighted by Crippen LogP contribution is -2.24. The minimum absolute atomic E-state index is 0.129. The number of hydrogen-bond acceptors (Lipinski definition) is 3. The number of carbonyl (C=O) groups excluding carboxylic acids is 1. The number of carbonyl (C=O) groups is 2. The van der Waals surface area contributed by atoms with Gasteiger partial charge in [0.15, 0.2) is 0 Å². The van der Waals surface area contributed by atoms with Crippen molar-refractivity contribution < 1.29 is 14.7 Å². The Morgan fingerprint density at radius 2 is 2.00 bits per heavy atom. The molecule has 1 amide bonds. The highest BCUT2D eigenvalue weighted by Crippen LogP contribution is 2.22. The average molecular weight is 206 g/mol. The molecule has 0 fully saturated rings. The number of fused-ring (bicyclic) bond motifs is 1. The molecule has 5 nitrogen and oxygen atoms in total. The van der Waals surface area contributed by atoms with E-state index < -0.39 is 5.97 Å². The summed E-state index contributed by atoms with van der Waals surface area (Å²) < 4.78 is 0. The van der Waals surface area contributed by atoms with Gasteiger partial charge in [-0.15, -0.1) is 0 Å². The summed E-state index contributed by atoms with van der Waals surface area (Å²) in [5.74, 6) is -1.27. The van der Waals surface area contributed by atoms with Crippen molar-refractivity contribution in [3.63, 3.8) is 0 Å². The molecule has 1 heterocycles. The van der Waals surface area contributed by atoms with Gasteiger partial charge in [-0.1, -0.05) is 6.07 Å². The van der Waals surface area contributed by atoms with Gasteiger partial charge >= 0.3 is 5.97 Å². The molecule has 1 aliphatic rings. The van der Waals surface area contributed by atoms with Crippen LogP contribution in [-0.4, -0.2) is 30.1 Å². The van der Waals surface area contributed by atoms with Gasteiger partial charge in [-0.3, -0.25) is 4.79 Å². The largest absolute Gasteiger partial charge is 0.478 e. The van der Waals surface area contributed by atoms with Crippen LogP contribution in [0, 0.1) is 0 Å². The van der Waals surface area contributed by atoms with Crippen LogP contribution in [0.25, 0.3) is 0 Å². The van der Waals surface area contributed by atoms with Crippen LogP contribution in [0.5, 0.6) is 0 Å². The van der Waals surface area contributed by atoms with Crippen molar-refractivity contribution in [2.45, 2.75) is 0 Å². The lowest BCUT2D eigenvalue weighted by Gasteiger charge is -2.08. The van der Waals surface area contributed by atoms with Crippen LogP contribution < -0.4 is 10.6 Å². The first-order chi connectivity index (χ1) is 7.20. The fourth-order valence-electron chi connectivity index (χ4n) is 1.57. The molecule has 0 atom stereocenters. The molecule has 0 aromatic heterocycles. The van der Waals surface area contributed by atoms with E-state index >= 15 is 0 Å². The molecule has 0 spiro atoms. The quantitative estimate of drug-likeness (QED) is 0.626. The normalized spacial score (nSPS) is 14.5. The maximum atomic E-state index is 11.5. The predicted molar refractivity (Wildman–Crippen MR) is 54.2 cm³/mol.